The first-order valence-electron chi connectivity index (χ1n) is 17.9. The number of benzene rings is 4. The predicted molar refractivity (Wildman–Crippen MR) is 201 cm³/mol. The van der Waals surface area contributed by atoms with E-state index in [0.29, 0.717) is 18.8 Å². The lowest BCUT2D eigenvalue weighted by atomic mass is 9.76. The van der Waals surface area contributed by atoms with Crippen LogP contribution in [0.25, 0.3) is 0 Å². The fraction of sp³-hybridized carbons (Fsp3) is 0.366. The zero-order chi connectivity index (χ0) is 35.9. The van der Waals surface area contributed by atoms with Gasteiger partial charge in [0, 0.05) is 13.6 Å². The highest BCUT2D eigenvalue weighted by atomic mass is 16.7. The van der Waals surface area contributed by atoms with Gasteiger partial charge in [0.25, 0.3) is 0 Å². The maximum atomic E-state index is 13.6. The average molecular weight is 685 g/mol. The lowest BCUT2D eigenvalue weighted by Crippen LogP contribution is -2.47. The normalized spacial score (nSPS) is 15.8. The number of amides is 1. The molecule has 2 heterocycles. The number of unbranched alkanes of at least 4 members (excludes halogenated alkanes) is 1. The van der Waals surface area contributed by atoms with Crippen LogP contribution < -0.4 is 5.32 Å². The van der Waals surface area contributed by atoms with Crippen LogP contribution in [0.5, 0.6) is 0 Å². The topological polar surface area (TPSA) is 94.4 Å². The second kappa shape index (κ2) is 15.7. The molecule has 5 aromatic rings. The largest absolute Gasteiger partial charge is 0.457 e. The number of nitrogens with zero attached hydrogens (tertiary/aromatic N) is 5. The monoisotopic (exact) mass is 684 g/mol. The summed E-state index contributed by atoms with van der Waals surface area (Å²) in [5.74, 6) is 0.534. The number of aromatic nitrogens is 4. The lowest BCUT2D eigenvalue weighted by Gasteiger charge is -2.40. The van der Waals surface area contributed by atoms with E-state index in [0.717, 1.165) is 41.4 Å². The fourth-order valence-electron chi connectivity index (χ4n) is 6.85. The summed E-state index contributed by atoms with van der Waals surface area (Å²) in [7, 11) is 1.55. The molecule has 4 aromatic carbocycles. The summed E-state index contributed by atoms with van der Waals surface area (Å²) in [5, 5.41) is 17.2. The average Bonchev–Trinajstić information content (AvgIpc) is 3.68. The van der Waals surface area contributed by atoms with Gasteiger partial charge in [0.15, 0.2) is 5.82 Å². The lowest BCUT2D eigenvalue weighted by molar-refractivity contribution is -0.131. The van der Waals surface area contributed by atoms with E-state index in [1.165, 1.54) is 0 Å². The molecule has 0 spiro atoms. The molecule has 1 unspecified atom stereocenters. The van der Waals surface area contributed by atoms with Gasteiger partial charge in [-0.1, -0.05) is 134 Å². The quantitative estimate of drug-likeness (QED) is 0.0708. The van der Waals surface area contributed by atoms with Crippen LogP contribution in [0.2, 0.25) is 6.32 Å². The summed E-state index contributed by atoms with van der Waals surface area (Å²) in [4.78, 5) is 15.3. The van der Waals surface area contributed by atoms with Crippen LogP contribution in [0, 0.1) is 0 Å². The van der Waals surface area contributed by atoms with Crippen molar-refractivity contribution >= 4 is 13.0 Å². The molecule has 1 saturated heterocycles. The second-order valence-electron chi connectivity index (χ2n) is 14.4. The number of carbonyl (C=O) groups is 1. The smallest absolute Gasteiger partial charge is 0.403 e. The van der Waals surface area contributed by atoms with Gasteiger partial charge in [-0.25, -0.2) is 4.68 Å². The van der Waals surface area contributed by atoms with E-state index in [4.69, 9.17) is 9.31 Å². The molecule has 1 aliphatic rings. The van der Waals surface area contributed by atoms with Gasteiger partial charge in [-0.15, -0.1) is 5.10 Å². The molecule has 1 aromatic heterocycles. The second-order valence-corrected chi connectivity index (χ2v) is 14.4. The summed E-state index contributed by atoms with van der Waals surface area (Å²) in [6.45, 7) is 8.86. The molecule has 10 heteroatoms. The van der Waals surface area contributed by atoms with Crippen LogP contribution in [-0.2, 0) is 32.7 Å². The fourth-order valence-corrected chi connectivity index (χ4v) is 6.85. The number of nitrogens with one attached hydrogen (secondary N) is 1. The SMILES string of the molecule is CN(Cc1ccccc1)C(=O)Cn1nnnc1C(CCCCB1OC(C)(C)C(C)(C)O1)NC(c1ccccc1)(c1ccccc1)c1ccccc1. The molecular weight excluding hydrogens is 635 g/mol. The van der Waals surface area contributed by atoms with Gasteiger partial charge in [-0.05, 0) is 73.1 Å². The van der Waals surface area contributed by atoms with Crippen LogP contribution in [0.15, 0.2) is 121 Å². The minimum Gasteiger partial charge on any atom is -0.403 e. The third kappa shape index (κ3) is 8.14. The Balaban J connectivity index is 1.33. The maximum absolute atomic E-state index is 13.6. The van der Waals surface area contributed by atoms with Gasteiger partial charge >= 0.3 is 7.12 Å². The molecule has 0 aliphatic carbocycles. The van der Waals surface area contributed by atoms with Crippen molar-refractivity contribution in [2.24, 2.45) is 0 Å². The van der Waals surface area contributed by atoms with E-state index in [1.54, 1.807) is 9.58 Å². The molecule has 1 aliphatic heterocycles. The van der Waals surface area contributed by atoms with Gasteiger partial charge in [-0.3, -0.25) is 10.1 Å². The molecule has 0 saturated carbocycles. The Labute approximate surface area is 302 Å². The van der Waals surface area contributed by atoms with Crippen molar-refractivity contribution in [1.82, 2.24) is 30.4 Å². The number of hydrogen-bond donors (Lipinski definition) is 1. The van der Waals surface area contributed by atoms with Crippen LogP contribution >= 0.6 is 0 Å². The van der Waals surface area contributed by atoms with Gasteiger partial charge in [0.2, 0.25) is 5.91 Å². The Morgan fingerprint density at radius 3 is 1.78 bits per heavy atom. The molecule has 1 amide bonds. The Kier molecular flexibility index (Phi) is 11.1. The van der Waals surface area contributed by atoms with Crippen LogP contribution in [-0.4, -0.2) is 56.4 Å². The van der Waals surface area contributed by atoms with Crippen molar-refractivity contribution in [2.45, 2.75) is 89.1 Å². The highest BCUT2D eigenvalue weighted by molar-refractivity contribution is 6.45. The third-order valence-electron chi connectivity index (χ3n) is 10.3. The Morgan fingerprint density at radius 1 is 0.784 bits per heavy atom. The van der Waals surface area contributed by atoms with Gasteiger partial charge < -0.3 is 14.2 Å². The molecule has 0 bridgehead atoms. The minimum atomic E-state index is -0.759. The van der Waals surface area contributed by atoms with Crippen molar-refractivity contribution in [3.63, 3.8) is 0 Å². The van der Waals surface area contributed by atoms with Crippen molar-refractivity contribution in [3.05, 3.63) is 149 Å². The maximum Gasteiger partial charge on any atom is 0.457 e. The van der Waals surface area contributed by atoms with E-state index in [9.17, 15) is 4.79 Å². The summed E-state index contributed by atoms with van der Waals surface area (Å²) in [5.41, 5.74) is 2.82. The summed E-state index contributed by atoms with van der Waals surface area (Å²) >= 11 is 0. The first-order chi connectivity index (χ1) is 24.6. The molecule has 1 fully saturated rings. The Bertz CT molecular complexity index is 1720. The predicted octanol–water partition coefficient (Wildman–Crippen LogP) is 7.22. The van der Waals surface area contributed by atoms with Crippen LogP contribution in [0.4, 0.5) is 0 Å². The number of hydrogen-bond acceptors (Lipinski definition) is 7. The molecule has 264 valence electrons. The summed E-state index contributed by atoms with van der Waals surface area (Å²) < 4.78 is 14.3. The van der Waals surface area contributed by atoms with Crippen molar-refractivity contribution < 1.29 is 14.1 Å². The summed E-state index contributed by atoms with van der Waals surface area (Å²) in [6, 6.07) is 41.2. The van der Waals surface area contributed by atoms with E-state index in [-0.39, 0.29) is 36.8 Å². The zero-order valence-corrected chi connectivity index (χ0v) is 30.4. The minimum absolute atomic E-state index is 0.0206. The van der Waals surface area contributed by atoms with Gasteiger partial charge in [0.05, 0.1) is 22.8 Å². The first kappa shape index (κ1) is 36.2. The molecule has 1 atom stereocenters. The van der Waals surface area contributed by atoms with E-state index >= 15 is 0 Å². The van der Waals surface area contributed by atoms with Gasteiger partial charge in [-0.2, -0.15) is 0 Å². The molecule has 1 N–H and O–H groups in total. The highest BCUT2D eigenvalue weighted by Crippen LogP contribution is 2.41. The molecular formula is C41H49BN6O3. The number of tetrazole rings is 1. The molecule has 9 nitrogen and oxygen atoms in total. The molecule has 6 rings (SSSR count). The van der Waals surface area contributed by atoms with Crippen molar-refractivity contribution in [2.75, 3.05) is 7.05 Å². The van der Waals surface area contributed by atoms with E-state index < -0.39 is 5.54 Å². The Hall–Kier alpha value is -4.64. The Morgan fingerprint density at radius 2 is 1.27 bits per heavy atom. The molecule has 0 radical (unpaired) electrons. The third-order valence-corrected chi connectivity index (χ3v) is 10.3. The van der Waals surface area contributed by atoms with Crippen LogP contribution in [0.1, 0.15) is 81.1 Å². The number of likely N-dealkylation sites (N-methyl/N-ethyl adjacent to an activating group) is 1. The van der Waals surface area contributed by atoms with Crippen LogP contribution in [0.3, 0.4) is 0 Å². The van der Waals surface area contributed by atoms with Gasteiger partial charge in [0.1, 0.15) is 6.54 Å². The van der Waals surface area contributed by atoms with Crippen molar-refractivity contribution in [3.8, 4) is 0 Å². The number of carbonyl (C=O) groups excluding carboxylic acids is 1. The first-order valence-corrected chi connectivity index (χ1v) is 17.9. The molecule has 51 heavy (non-hydrogen) atoms. The summed E-state index contributed by atoms with van der Waals surface area (Å²) in [6.07, 6.45) is 3.21. The van der Waals surface area contributed by atoms with Crippen molar-refractivity contribution in [1.29, 1.82) is 0 Å². The standard InChI is InChI=1S/C41H49BN6O3/c1-39(2)40(3,4)51-42(50-39)29-19-18-28-36(38-44-45-46-48(38)31-37(49)47(5)30-32-20-10-6-11-21-32)43-41(33-22-12-7-13-23-33,34-24-14-8-15-25-34)35-26-16-9-17-27-35/h6-17,20-27,36,43H,18-19,28-31H2,1-5H3. The van der Waals surface area contributed by atoms with E-state index in [2.05, 4.69) is 121 Å². The number of rotatable bonds is 15. The zero-order valence-electron chi connectivity index (χ0n) is 30.4. The highest BCUT2D eigenvalue weighted by Gasteiger charge is 2.50. The van der Waals surface area contributed by atoms with E-state index in [1.807, 2.05) is 55.6 Å².